The Kier molecular flexibility index (Phi) is 5.58. The van der Waals surface area contributed by atoms with Crippen LogP contribution >= 0.6 is 0 Å². The molecule has 3 nitrogen and oxygen atoms in total. The SMILES string of the molecule is CCCC1CN(CC2CCCCO2)C2(CCCCC2)CN1. The molecule has 1 spiro atoms. The maximum atomic E-state index is 6.05. The van der Waals surface area contributed by atoms with Crippen LogP contribution in [0, 0.1) is 0 Å². The van der Waals surface area contributed by atoms with E-state index in [2.05, 4.69) is 17.1 Å². The molecule has 21 heavy (non-hydrogen) atoms. The molecule has 3 rings (SSSR count). The van der Waals surface area contributed by atoms with Crippen molar-refractivity contribution in [2.24, 2.45) is 0 Å². The number of hydrogen-bond acceptors (Lipinski definition) is 3. The van der Waals surface area contributed by atoms with Crippen LogP contribution in [0.15, 0.2) is 0 Å². The lowest BCUT2D eigenvalue weighted by atomic mass is 9.78. The molecule has 0 aromatic carbocycles. The lowest BCUT2D eigenvalue weighted by Gasteiger charge is -2.53. The maximum Gasteiger partial charge on any atom is 0.0702 e. The zero-order valence-corrected chi connectivity index (χ0v) is 13.9. The smallest absolute Gasteiger partial charge is 0.0702 e. The molecule has 3 fully saturated rings. The summed E-state index contributed by atoms with van der Waals surface area (Å²) in [5, 5.41) is 3.87. The van der Waals surface area contributed by atoms with Gasteiger partial charge in [0, 0.05) is 37.8 Å². The summed E-state index contributed by atoms with van der Waals surface area (Å²) in [5.41, 5.74) is 0.448. The van der Waals surface area contributed by atoms with Crippen LogP contribution in [0.4, 0.5) is 0 Å². The summed E-state index contributed by atoms with van der Waals surface area (Å²) in [6, 6.07) is 0.700. The van der Waals surface area contributed by atoms with E-state index < -0.39 is 0 Å². The quantitative estimate of drug-likeness (QED) is 0.861. The molecule has 122 valence electrons. The van der Waals surface area contributed by atoms with Crippen LogP contribution in [0.3, 0.4) is 0 Å². The fourth-order valence-corrected chi connectivity index (χ4v) is 4.68. The minimum Gasteiger partial charge on any atom is -0.377 e. The maximum absolute atomic E-state index is 6.05. The summed E-state index contributed by atoms with van der Waals surface area (Å²) in [5.74, 6) is 0. The van der Waals surface area contributed by atoms with E-state index in [0.717, 1.165) is 6.61 Å². The predicted octanol–water partition coefficient (Wildman–Crippen LogP) is 3.33. The molecule has 2 unspecified atom stereocenters. The van der Waals surface area contributed by atoms with Crippen LogP contribution in [-0.4, -0.2) is 48.8 Å². The van der Waals surface area contributed by atoms with E-state index in [0.29, 0.717) is 17.7 Å². The van der Waals surface area contributed by atoms with Gasteiger partial charge >= 0.3 is 0 Å². The monoisotopic (exact) mass is 294 g/mol. The van der Waals surface area contributed by atoms with Gasteiger partial charge in [-0.05, 0) is 38.5 Å². The van der Waals surface area contributed by atoms with Gasteiger partial charge in [-0.3, -0.25) is 4.90 Å². The zero-order chi connectivity index (χ0) is 14.5. The molecule has 0 aromatic heterocycles. The molecule has 1 aliphatic carbocycles. The van der Waals surface area contributed by atoms with Crippen molar-refractivity contribution in [1.82, 2.24) is 10.2 Å². The number of ether oxygens (including phenoxy) is 1. The first-order valence-electron chi connectivity index (χ1n) is 9.42. The second-order valence-corrected chi connectivity index (χ2v) is 7.55. The van der Waals surface area contributed by atoms with Gasteiger partial charge in [-0.15, -0.1) is 0 Å². The number of piperazine rings is 1. The molecule has 3 heteroatoms. The molecule has 2 atom stereocenters. The van der Waals surface area contributed by atoms with Crippen molar-refractivity contribution < 1.29 is 4.74 Å². The molecule has 1 saturated carbocycles. The van der Waals surface area contributed by atoms with Crippen LogP contribution in [0.5, 0.6) is 0 Å². The number of nitrogens with zero attached hydrogens (tertiary/aromatic N) is 1. The Balaban J connectivity index is 1.65. The summed E-state index contributed by atoms with van der Waals surface area (Å²) in [7, 11) is 0. The lowest BCUT2D eigenvalue weighted by Crippen LogP contribution is -2.66. The van der Waals surface area contributed by atoms with E-state index in [9.17, 15) is 0 Å². The van der Waals surface area contributed by atoms with Gasteiger partial charge in [0.25, 0.3) is 0 Å². The van der Waals surface area contributed by atoms with Gasteiger partial charge in [-0.2, -0.15) is 0 Å². The van der Waals surface area contributed by atoms with Crippen LogP contribution < -0.4 is 5.32 Å². The fourth-order valence-electron chi connectivity index (χ4n) is 4.68. The van der Waals surface area contributed by atoms with Gasteiger partial charge in [-0.1, -0.05) is 32.6 Å². The van der Waals surface area contributed by atoms with Gasteiger partial charge in [0.05, 0.1) is 6.10 Å². The third kappa shape index (κ3) is 3.80. The van der Waals surface area contributed by atoms with E-state index in [-0.39, 0.29) is 0 Å². The van der Waals surface area contributed by atoms with E-state index >= 15 is 0 Å². The largest absolute Gasteiger partial charge is 0.377 e. The molecule has 0 bridgehead atoms. The van der Waals surface area contributed by atoms with Crippen LogP contribution in [0.2, 0.25) is 0 Å². The summed E-state index contributed by atoms with van der Waals surface area (Å²) < 4.78 is 6.05. The summed E-state index contributed by atoms with van der Waals surface area (Å²) >= 11 is 0. The third-order valence-electron chi connectivity index (χ3n) is 5.95. The van der Waals surface area contributed by atoms with Crippen LogP contribution in [0.1, 0.15) is 71.1 Å². The molecule has 2 saturated heterocycles. The first kappa shape index (κ1) is 15.8. The molecular formula is C18H34N2O. The van der Waals surface area contributed by atoms with E-state index in [1.165, 1.54) is 83.8 Å². The lowest BCUT2D eigenvalue weighted by molar-refractivity contribution is -0.0573. The van der Waals surface area contributed by atoms with E-state index in [1.807, 2.05) is 0 Å². The van der Waals surface area contributed by atoms with Gasteiger partial charge in [0.1, 0.15) is 0 Å². The van der Waals surface area contributed by atoms with Crippen LogP contribution in [0.25, 0.3) is 0 Å². The van der Waals surface area contributed by atoms with Crippen LogP contribution in [-0.2, 0) is 4.74 Å². The molecular weight excluding hydrogens is 260 g/mol. The predicted molar refractivity (Wildman–Crippen MR) is 87.7 cm³/mol. The standard InChI is InChI=1S/C18H34N2O/c1-2-8-16-13-20(14-17-9-4-7-12-21-17)18(15-19-16)10-5-3-6-11-18/h16-17,19H,2-15H2,1H3. The molecule has 1 N–H and O–H groups in total. The average Bonchev–Trinajstić information content (AvgIpc) is 2.53. The summed E-state index contributed by atoms with van der Waals surface area (Å²) in [4.78, 5) is 2.85. The number of rotatable bonds is 4. The zero-order valence-electron chi connectivity index (χ0n) is 13.9. The first-order chi connectivity index (χ1) is 10.3. The summed E-state index contributed by atoms with van der Waals surface area (Å²) in [6.07, 6.45) is 14.1. The first-order valence-corrected chi connectivity index (χ1v) is 9.42. The van der Waals surface area contributed by atoms with E-state index in [4.69, 9.17) is 4.74 Å². The Morgan fingerprint density at radius 3 is 2.71 bits per heavy atom. The Labute approximate surface area is 130 Å². The second-order valence-electron chi connectivity index (χ2n) is 7.55. The van der Waals surface area contributed by atoms with Crippen molar-refractivity contribution in [3.8, 4) is 0 Å². The Morgan fingerprint density at radius 1 is 1.14 bits per heavy atom. The molecule has 0 aromatic rings. The van der Waals surface area contributed by atoms with Crippen molar-refractivity contribution in [1.29, 1.82) is 0 Å². The van der Waals surface area contributed by atoms with Crippen molar-refractivity contribution in [2.75, 3.05) is 26.2 Å². The minimum absolute atomic E-state index is 0.448. The number of nitrogens with one attached hydrogen (secondary N) is 1. The normalized spacial score (nSPS) is 34.1. The highest BCUT2D eigenvalue weighted by Gasteiger charge is 2.42. The van der Waals surface area contributed by atoms with Gasteiger partial charge < -0.3 is 10.1 Å². The second kappa shape index (κ2) is 7.43. The number of hydrogen-bond donors (Lipinski definition) is 1. The Bertz CT molecular complexity index is 308. The van der Waals surface area contributed by atoms with Gasteiger partial charge in [0.15, 0.2) is 0 Å². The molecule has 2 aliphatic heterocycles. The molecule has 3 aliphatic rings. The highest BCUT2D eigenvalue weighted by Crippen LogP contribution is 2.36. The average molecular weight is 294 g/mol. The molecule has 0 amide bonds. The van der Waals surface area contributed by atoms with Crippen molar-refractivity contribution in [2.45, 2.75) is 88.8 Å². The highest BCUT2D eigenvalue weighted by molar-refractivity contribution is 5.01. The molecule has 0 radical (unpaired) electrons. The van der Waals surface area contributed by atoms with Crippen molar-refractivity contribution >= 4 is 0 Å². The summed E-state index contributed by atoms with van der Waals surface area (Å²) in [6.45, 7) is 6.93. The Morgan fingerprint density at radius 2 is 2.00 bits per heavy atom. The van der Waals surface area contributed by atoms with Crippen molar-refractivity contribution in [3.63, 3.8) is 0 Å². The topological polar surface area (TPSA) is 24.5 Å². The van der Waals surface area contributed by atoms with Crippen molar-refractivity contribution in [3.05, 3.63) is 0 Å². The fraction of sp³-hybridized carbons (Fsp3) is 1.00. The van der Waals surface area contributed by atoms with Gasteiger partial charge in [-0.25, -0.2) is 0 Å². The highest BCUT2D eigenvalue weighted by atomic mass is 16.5. The minimum atomic E-state index is 0.448. The molecule has 2 heterocycles. The Hall–Kier alpha value is -0.120. The van der Waals surface area contributed by atoms with Gasteiger partial charge in [0.2, 0.25) is 0 Å². The van der Waals surface area contributed by atoms with E-state index in [1.54, 1.807) is 0 Å². The third-order valence-corrected chi connectivity index (χ3v) is 5.95.